The van der Waals surface area contributed by atoms with Crippen molar-refractivity contribution < 1.29 is 46.5 Å². The van der Waals surface area contributed by atoms with Crippen LogP contribution in [0.4, 0.5) is 16.2 Å². The van der Waals surface area contributed by atoms with E-state index in [9.17, 15) is 19.4 Å². The van der Waals surface area contributed by atoms with Gasteiger partial charge in [-0.05, 0) is 31.6 Å². The first-order valence-corrected chi connectivity index (χ1v) is 21.5. The number of H-pyrrole nitrogens is 1. The Bertz CT molecular complexity index is 2120. The van der Waals surface area contributed by atoms with Gasteiger partial charge in [-0.1, -0.05) is 13.8 Å². The van der Waals surface area contributed by atoms with Gasteiger partial charge in [-0.2, -0.15) is 4.98 Å². The highest BCUT2D eigenvalue weighted by atomic mass is 32.7. The van der Waals surface area contributed by atoms with Gasteiger partial charge in [-0.3, -0.25) is 32.5 Å². The maximum atomic E-state index is 16.4. The van der Waals surface area contributed by atoms with E-state index in [0.29, 0.717) is 24.4 Å². The van der Waals surface area contributed by atoms with Gasteiger partial charge in [0, 0.05) is 17.1 Å². The van der Waals surface area contributed by atoms with Crippen LogP contribution in [0.5, 0.6) is 0 Å². The van der Waals surface area contributed by atoms with E-state index in [1.165, 1.54) is 28.1 Å². The van der Waals surface area contributed by atoms with E-state index in [1.54, 1.807) is 0 Å². The molecule has 3 fully saturated rings. The van der Waals surface area contributed by atoms with Gasteiger partial charge in [0.15, 0.2) is 41.3 Å². The summed E-state index contributed by atoms with van der Waals surface area (Å²) in [6, 6.07) is 0. The molecule has 0 aromatic carbocycles. The fraction of sp³-hybridized carbons (Fsp3) is 0.615. The summed E-state index contributed by atoms with van der Waals surface area (Å²) in [7, 11) is 0. The number of imidazole rings is 2. The number of halogens is 1. The van der Waals surface area contributed by atoms with Crippen LogP contribution < -0.4 is 21.7 Å². The Balaban J connectivity index is 1.26. The summed E-state index contributed by atoms with van der Waals surface area (Å²) >= 11 is 5.91. The monoisotopic (exact) mass is 807 g/mol. The van der Waals surface area contributed by atoms with Crippen molar-refractivity contribution in [3.05, 3.63) is 29.3 Å². The van der Waals surface area contributed by atoms with Gasteiger partial charge in [-0.15, -0.1) is 0 Å². The maximum Gasteiger partial charge on any atom is 0.404 e. The third-order valence-electron chi connectivity index (χ3n) is 9.23. The number of nitrogen functional groups attached to an aromatic ring is 2. The van der Waals surface area contributed by atoms with Crippen LogP contribution in [-0.4, -0.2) is 104 Å². The van der Waals surface area contributed by atoms with Gasteiger partial charge in [0.05, 0.1) is 25.9 Å². The molecule has 21 nitrogen and oxygen atoms in total. The van der Waals surface area contributed by atoms with Crippen molar-refractivity contribution in [3.63, 3.8) is 0 Å². The quantitative estimate of drug-likeness (QED) is 0.114. The van der Waals surface area contributed by atoms with Gasteiger partial charge in [0.2, 0.25) is 5.95 Å². The molecule has 3 aliphatic rings. The molecule has 8 N–H and O–H groups in total. The topological polar surface area (TPSA) is 284 Å². The highest BCUT2D eigenvalue weighted by Crippen LogP contribution is 2.63. The number of nitrogens with one attached hydrogen (secondary N) is 2. The van der Waals surface area contributed by atoms with Crippen LogP contribution in [0.1, 0.15) is 46.1 Å². The predicted molar refractivity (Wildman–Crippen MR) is 186 cm³/mol. The number of aliphatic hydroxyl groups is 1. The molecule has 1 unspecified atom stereocenters. The Labute approximate surface area is 303 Å². The Morgan fingerprint density at radius 1 is 1.04 bits per heavy atom. The Morgan fingerprint density at radius 2 is 1.71 bits per heavy atom. The number of hydrogen-bond acceptors (Lipinski definition) is 19. The highest BCUT2D eigenvalue weighted by molar-refractivity contribution is 8.54. The van der Waals surface area contributed by atoms with Gasteiger partial charge < -0.3 is 35.5 Å². The summed E-state index contributed by atoms with van der Waals surface area (Å²) < 4.78 is 72.6. The number of rotatable bonds is 7. The molecule has 7 heterocycles. The largest absolute Gasteiger partial charge is 0.404 e. The van der Waals surface area contributed by atoms with Crippen molar-refractivity contribution >= 4 is 71.0 Å². The lowest BCUT2D eigenvalue weighted by Gasteiger charge is -2.32. The summed E-state index contributed by atoms with van der Waals surface area (Å²) in [6.45, 7) is -4.19. The van der Waals surface area contributed by atoms with Crippen LogP contribution in [0.2, 0.25) is 0 Å². The number of anilines is 2. The molecule has 0 aliphatic carbocycles. The molecule has 3 aliphatic heterocycles. The summed E-state index contributed by atoms with van der Waals surface area (Å²) in [6.07, 6.45) is -7.30. The van der Waals surface area contributed by atoms with E-state index < -0.39 is 87.0 Å². The van der Waals surface area contributed by atoms with Crippen LogP contribution in [0.3, 0.4) is 0 Å². The van der Waals surface area contributed by atoms with E-state index in [1.807, 2.05) is 20.8 Å². The molecule has 4 aromatic heterocycles. The summed E-state index contributed by atoms with van der Waals surface area (Å²) in [5, 5.41) is 11.5. The van der Waals surface area contributed by atoms with E-state index in [4.69, 9.17) is 50.8 Å². The Kier molecular flexibility index (Phi) is 10.3. The standard InChI is InChI=1S/C26H36FN11O10P2S2/c1-4-26(3,5-2)36-52-50(42)44-7-12-17(13(27)23(46-12)37-9-32-14-19(28)30-8-31-20(14)37)47-49(41,51)43-6-11-16(39)18(48-50)24(45-11)38-10-33-15-21(38)34-25(29)35-22(15)40/h8-13,16-18,23-24,36,39H,4-7H2,1-3H3,(H,41,51)(H2,28,30,31)(H3,29,34,35,40)/t11-,12-,13-,16-,17-,18-,23-,24-,49?,50-/m1/s1. The number of fused-ring (bicyclic) bond motifs is 5. The Hall–Kier alpha value is -2.70. The van der Waals surface area contributed by atoms with E-state index in [2.05, 4.69) is 34.6 Å². The highest BCUT2D eigenvalue weighted by Gasteiger charge is 2.54. The summed E-state index contributed by atoms with van der Waals surface area (Å²) in [5.41, 5.74) is 10.8. The van der Waals surface area contributed by atoms with Crippen LogP contribution in [0, 0.1) is 0 Å². The minimum absolute atomic E-state index is 0.0299. The molecular formula is C26H36FN11O10P2S2. The number of aromatic nitrogens is 8. The second-order valence-electron chi connectivity index (χ2n) is 12.5. The first kappa shape index (κ1) is 37.6. The molecule has 10 atom stereocenters. The average Bonchev–Trinajstić information content (AvgIpc) is 3.87. The summed E-state index contributed by atoms with van der Waals surface area (Å²) in [5.74, 6) is -0.169. The number of nitrogens with two attached hydrogens (primary N) is 2. The SMILES string of the molecule is CCC(C)(CC)NS[P@]1(=O)OC[C@H]2O[C@@H](n3cnc4c(N)ncnc43)[C@H](F)[C@@H]2OP(O)(=S)OC[C@H]2O[C@@H](n3cnc4c(=O)[nH]c(N)nc43)[C@H](O1)[C@@H]2O. The molecule has 284 valence electrons. The van der Waals surface area contributed by atoms with Crippen molar-refractivity contribution in [2.24, 2.45) is 0 Å². The number of alkyl halides is 1. The number of hydrogen-bond donors (Lipinski definition) is 6. The number of nitrogens with zero attached hydrogens (tertiary/aromatic N) is 7. The average molecular weight is 808 g/mol. The predicted octanol–water partition coefficient (Wildman–Crippen LogP) is 1.58. The van der Waals surface area contributed by atoms with Crippen molar-refractivity contribution in [3.8, 4) is 0 Å². The first-order chi connectivity index (χ1) is 24.6. The van der Waals surface area contributed by atoms with Crippen molar-refractivity contribution in [2.75, 3.05) is 24.7 Å². The van der Waals surface area contributed by atoms with Gasteiger partial charge in [0.1, 0.15) is 42.4 Å². The molecule has 0 saturated carbocycles. The number of aromatic amines is 1. The first-order valence-electron chi connectivity index (χ1n) is 16.0. The van der Waals surface area contributed by atoms with E-state index in [0.717, 1.165) is 0 Å². The third kappa shape index (κ3) is 7.01. The molecule has 26 heteroatoms. The van der Waals surface area contributed by atoms with Crippen molar-refractivity contribution in [2.45, 2.75) is 88.3 Å². The van der Waals surface area contributed by atoms with Crippen LogP contribution in [0.25, 0.3) is 22.3 Å². The smallest absolute Gasteiger partial charge is 0.387 e. The number of aliphatic hydroxyl groups excluding tert-OH is 1. The third-order valence-corrected chi connectivity index (χ3v) is 14.1. The second-order valence-corrected chi connectivity index (χ2v) is 19.0. The molecule has 0 spiro atoms. The summed E-state index contributed by atoms with van der Waals surface area (Å²) in [4.78, 5) is 46.6. The lowest BCUT2D eigenvalue weighted by Crippen LogP contribution is -2.38. The van der Waals surface area contributed by atoms with E-state index in [-0.39, 0.29) is 34.1 Å². The molecule has 0 radical (unpaired) electrons. The lowest BCUT2D eigenvalue weighted by atomic mass is 9.98. The zero-order valence-electron chi connectivity index (χ0n) is 27.7. The van der Waals surface area contributed by atoms with Crippen molar-refractivity contribution in [1.29, 1.82) is 0 Å². The molecule has 3 saturated heterocycles. The van der Waals surface area contributed by atoms with Crippen molar-refractivity contribution in [1.82, 2.24) is 43.8 Å². The normalized spacial score (nSPS) is 34.6. The fourth-order valence-electron chi connectivity index (χ4n) is 5.86. The van der Waals surface area contributed by atoms with E-state index >= 15 is 4.39 Å². The van der Waals surface area contributed by atoms with Crippen LogP contribution >= 0.6 is 25.1 Å². The lowest BCUT2D eigenvalue weighted by molar-refractivity contribution is -0.0585. The molecule has 7 rings (SSSR count). The Morgan fingerprint density at radius 3 is 2.44 bits per heavy atom. The zero-order chi connectivity index (χ0) is 37.2. The molecule has 52 heavy (non-hydrogen) atoms. The second kappa shape index (κ2) is 14.2. The molecular weight excluding hydrogens is 771 g/mol. The molecule has 2 bridgehead atoms. The molecule has 0 amide bonds. The van der Waals surface area contributed by atoms with Crippen LogP contribution in [0.15, 0.2) is 23.8 Å². The van der Waals surface area contributed by atoms with Gasteiger partial charge in [-0.25, -0.2) is 33.6 Å². The zero-order valence-corrected chi connectivity index (χ0v) is 31.1. The number of ether oxygens (including phenoxy) is 2. The molecule has 4 aromatic rings. The maximum absolute atomic E-state index is 16.4. The minimum Gasteiger partial charge on any atom is -0.387 e. The van der Waals surface area contributed by atoms with Crippen LogP contribution in [-0.2, 0) is 43.9 Å². The fourth-order valence-corrected chi connectivity index (χ4v) is 10.7. The van der Waals surface area contributed by atoms with Gasteiger partial charge in [0.25, 0.3) is 5.56 Å². The van der Waals surface area contributed by atoms with Gasteiger partial charge >= 0.3 is 13.5 Å². The minimum atomic E-state index is -4.45.